The Hall–Kier alpha value is -2.03. The molecule has 2 heterocycles. The maximum absolute atomic E-state index is 12.0. The highest BCUT2D eigenvalue weighted by atomic mass is 31.1. The number of nitrogens with zero attached hydrogens (tertiary/aromatic N) is 1. The predicted molar refractivity (Wildman–Crippen MR) is 77.3 cm³/mol. The van der Waals surface area contributed by atoms with E-state index in [0.29, 0.717) is 5.56 Å². The Labute approximate surface area is 135 Å². The molecule has 0 amide bonds. The Kier molecular flexibility index (Phi) is 4.29. The van der Waals surface area contributed by atoms with Crippen molar-refractivity contribution in [1.82, 2.24) is 9.55 Å². The van der Waals surface area contributed by atoms with E-state index in [1.807, 2.05) is 0 Å². The first-order valence-electron chi connectivity index (χ1n) is 7.17. The van der Waals surface area contributed by atoms with Gasteiger partial charge >= 0.3 is 19.3 Å². The van der Waals surface area contributed by atoms with Gasteiger partial charge < -0.3 is 14.2 Å². The average Bonchev–Trinajstić information content (AvgIpc) is 3.24. The summed E-state index contributed by atoms with van der Waals surface area (Å²) in [5.41, 5.74) is -0.680. The maximum atomic E-state index is 12.0. The van der Waals surface area contributed by atoms with Crippen LogP contribution in [0.15, 0.2) is 15.8 Å². The minimum atomic E-state index is -3.18. The molecule has 1 N–H and O–H groups in total. The van der Waals surface area contributed by atoms with Crippen molar-refractivity contribution in [3.8, 4) is 0 Å². The summed E-state index contributed by atoms with van der Waals surface area (Å²) in [5, 5.41) is 0. The van der Waals surface area contributed by atoms with Crippen molar-refractivity contribution in [2.24, 2.45) is 0 Å². The first-order valence-corrected chi connectivity index (χ1v) is 8.42. The van der Waals surface area contributed by atoms with Crippen molar-refractivity contribution < 1.29 is 28.1 Å². The third-order valence-electron chi connectivity index (χ3n) is 4.18. The summed E-state index contributed by atoms with van der Waals surface area (Å²) in [6, 6.07) is -0.411. The largest absolute Gasteiger partial charge is 0.466 e. The molecule has 0 radical (unpaired) electrons. The monoisotopic (exact) mass is 358 g/mol. The third kappa shape index (κ3) is 2.88. The van der Waals surface area contributed by atoms with Gasteiger partial charge in [0.05, 0.1) is 19.3 Å². The number of esters is 1. The number of H-pyrrole nitrogens is 1. The fourth-order valence-electron chi connectivity index (χ4n) is 2.95. The van der Waals surface area contributed by atoms with Crippen molar-refractivity contribution in [3.63, 3.8) is 0 Å². The predicted octanol–water partition coefficient (Wildman–Crippen LogP) is -0.386. The lowest BCUT2D eigenvalue weighted by molar-refractivity contribution is -0.152. The van der Waals surface area contributed by atoms with Gasteiger partial charge in [0.15, 0.2) is 0 Å². The number of aromatic amines is 1. The summed E-state index contributed by atoms with van der Waals surface area (Å²) in [4.78, 5) is 37.1. The molecule has 1 saturated carbocycles. The van der Waals surface area contributed by atoms with Crippen LogP contribution >= 0.6 is 7.68 Å². The number of fused-ring (bicyclic) bond motifs is 1. The molecule has 2 aliphatic rings. The van der Waals surface area contributed by atoms with Crippen LogP contribution in [0.1, 0.15) is 18.0 Å². The topological polar surface area (TPSA) is 137 Å². The molecule has 130 valence electrons. The Morgan fingerprint density at radius 1 is 1.42 bits per heavy atom. The number of aromatic nitrogens is 2. The van der Waals surface area contributed by atoms with Gasteiger partial charge in [-0.1, -0.05) is 0 Å². The van der Waals surface area contributed by atoms with Gasteiger partial charge in [-0.15, -0.1) is 0 Å². The van der Waals surface area contributed by atoms with E-state index in [1.54, 1.807) is 6.92 Å². The number of rotatable bonds is 5. The highest BCUT2D eigenvalue weighted by molar-refractivity contribution is 7.32. The van der Waals surface area contributed by atoms with E-state index in [-0.39, 0.29) is 12.5 Å². The molecule has 10 nitrogen and oxygen atoms in total. The van der Waals surface area contributed by atoms with Crippen molar-refractivity contribution in [2.75, 3.05) is 7.11 Å². The molecule has 2 fully saturated rings. The zero-order valence-electron chi connectivity index (χ0n) is 12.8. The lowest BCUT2D eigenvalue weighted by Crippen LogP contribution is -2.35. The molecule has 0 spiro atoms. The van der Waals surface area contributed by atoms with Crippen molar-refractivity contribution in [1.29, 1.82) is 0 Å². The van der Waals surface area contributed by atoms with E-state index in [2.05, 4.69) is 9.72 Å². The van der Waals surface area contributed by atoms with Crippen molar-refractivity contribution >= 4 is 13.6 Å². The van der Waals surface area contributed by atoms with Gasteiger partial charge in [-0.2, -0.15) is 0 Å². The third-order valence-corrected chi connectivity index (χ3v) is 4.90. The summed E-state index contributed by atoms with van der Waals surface area (Å²) >= 11 is 0. The van der Waals surface area contributed by atoms with Crippen molar-refractivity contribution in [2.45, 2.75) is 43.5 Å². The molecule has 1 aromatic heterocycles. The number of nitrogens with one attached hydrogen (secondary N) is 1. The number of aryl methyl sites for hydroxylation is 1. The van der Waals surface area contributed by atoms with Gasteiger partial charge in [0.25, 0.3) is 11.4 Å². The van der Waals surface area contributed by atoms with Crippen LogP contribution in [-0.2, 0) is 28.1 Å². The minimum absolute atomic E-state index is 0.275. The molecule has 1 saturated heterocycles. The highest BCUT2D eigenvalue weighted by Crippen LogP contribution is 2.47. The van der Waals surface area contributed by atoms with Gasteiger partial charge in [0.2, 0.25) is 0 Å². The van der Waals surface area contributed by atoms with Gasteiger partial charge in [-0.05, 0) is 13.3 Å². The molecule has 5 atom stereocenters. The van der Waals surface area contributed by atoms with E-state index < -0.39 is 49.0 Å². The van der Waals surface area contributed by atoms with Crippen LogP contribution < -0.4 is 11.2 Å². The summed E-state index contributed by atoms with van der Waals surface area (Å²) in [7, 11) is -2.11. The molecule has 5 unspecified atom stereocenters. The molecule has 1 aromatic rings. The Morgan fingerprint density at radius 2 is 2.12 bits per heavy atom. The quantitative estimate of drug-likeness (QED) is 0.427. The van der Waals surface area contributed by atoms with Gasteiger partial charge in [-0.3, -0.25) is 14.3 Å². The standard InChI is InChI=1S/C13H15N2O8P/c1-5-4-15(13(18)14-10(5)16)6-3-7(9-8(6)23-9)22-12(24(19)20)11(17)21-2/h4,6-9,12H,3H2,1-2H3,(H,14,16,18). The molecule has 0 aromatic carbocycles. The van der Waals surface area contributed by atoms with Crippen LogP contribution in [0.4, 0.5) is 0 Å². The normalized spacial score (nSPS) is 28.9. The lowest BCUT2D eigenvalue weighted by Gasteiger charge is -2.19. The van der Waals surface area contributed by atoms with E-state index in [9.17, 15) is 23.5 Å². The first-order chi connectivity index (χ1) is 11.3. The zero-order valence-corrected chi connectivity index (χ0v) is 13.7. The van der Waals surface area contributed by atoms with E-state index in [0.717, 1.165) is 7.11 Å². The van der Waals surface area contributed by atoms with Crippen LogP contribution in [0.2, 0.25) is 0 Å². The summed E-state index contributed by atoms with van der Waals surface area (Å²) in [5.74, 6) is -2.73. The molecular weight excluding hydrogens is 343 g/mol. The summed E-state index contributed by atoms with van der Waals surface area (Å²) < 4.78 is 38.9. The number of epoxide rings is 1. The number of carbonyl (C=O) groups is 1. The van der Waals surface area contributed by atoms with E-state index in [1.165, 1.54) is 10.8 Å². The number of ether oxygens (including phenoxy) is 3. The fraction of sp³-hybridized carbons (Fsp3) is 0.615. The molecule has 3 rings (SSSR count). The second-order valence-corrected chi connectivity index (χ2v) is 6.72. The Balaban J connectivity index is 1.81. The molecule has 0 bridgehead atoms. The number of carbonyl (C=O) groups excluding carboxylic acids is 1. The van der Waals surface area contributed by atoms with Crippen molar-refractivity contribution in [3.05, 3.63) is 32.6 Å². The fourth-order valence-corrected chi connectivity index (χ4v) is 3.48. The lowest BCUT2D eigenvalue weighted by atomic mass is 10.2. The maximum Gasteiger partial charge on any atom is 0.357 e. The molecule has 24 heavy (non-hydrogen) atoms. The molecular formula is C13H15N2O8P. The minimum Gasteiger partial charge on any atom is -0.466 e. The molecule has 1 aliphatic carbocycles. The number of hydrogen-bond donors (Lipinski definition) is 1. The zero-order chi connectivity index (χ0) is 17.6. The molecule has 11 heteroatoms. The Morgan fingerprint density at radius 3 is 2.75 bits per heavy atom. The Bertz CT molecular complexity index is 848. The van der Waals surface area contributed by atoms with Crippen LogP contribution in [0.25, 0.3) is 0 Å². The van der Waals surface area contributed by atoms with Crippen LogP contribution in [0, 0.1) is 6.92 Å². The first kappa shape index (κ1) is 16.8. The molecule has 1 aliphatic heterocycles. The second-order valence-electron chi connectivity index (χ2n) is 5.68. The SMILES string of the molecule is COC(=O)C(OC1CC(n2cc(C)c(=O)[nH]c2=O)C2OC12)P(=O)=O. The van der Waals surface area contributed by atoms with Crippen LogP contribution in [0.3, 0.4) is 0 Å². The summed E-state index contributed by atoms with van der Waals surface area (Å²) in [6.07, 6.45) is 0.296. The van der Waals surface area contributed by atoms with Crippen LogP contribution in [0.5, 0.6) is 0 Å². The van der Waals surface area contributed by atoms with Gasteiger partial charge in [-0.25, -0.2) is 18.7 Å². The number of hydrogen-bond acceptors (Lipinski definition) is 8. The summed E-state index contributed by atoms with van der Waals surface area (Å²) in [6.45, 7) is 1.57. The second kappa shape index (κ2) is 6.12. The number of methoxy groups -OCH3 is 1. The average molecular weight is 358 g/mol. The van der Waals surface area contributed by atoms with E-state index >= 15 is 0 Å². The van der Waals surface area contributed by atoms with Crippen LogP contribution in [-0.4, -0.2) is 46.8 Å². The highest BCUT2D eigenvalue weighted by Gasteiger charge is 2.59. The van der Waals surface area contributed by atoms with Gasteiger partial charge in [0.1, 0.15) is 12.2 Å². The smallest absolute Gasteiger partial charge is 0.357 e. The van der Waals surface area contributed by atoms with Gasteiger partial charge in [0, 0.05) is 11.8 Å². The van der Waals surface area contributed by atoms with E-state index in [4.69, 9.17) is 9.47 Å².